The largest absolute Gasteiger partial charge is 0.369 e. The Hall–Kier alpha value is -3.98. The number of hydrogen-bond acceptors (Lipinski definition) is 8. The molecule has 9 heteroatoms. The predicted octanol–water partition coefficient (Wildman–Crippen LogP) is 4.85. The normalized spacial score (nSPS) is 12.1. The first-order valence-corrected chi connectivity index (χ1v) is 12.2. The van der Waals surface area contributed by atoms with Crippen molar-refractivity contribution in [1.82, 2.24) is 25.6 Å². The number of nitrogens with one attached hydrogen (secondary N) is 3. The van der Waals surface area contributed by atoms with E-state index >= 15 is 0 Å². The molecule has 4 rings (SSSR count). The summed E-state index contributed by atoms with van der Waals surface area (Å²) < 4.78 is 0. The molecule has 0 saturated carbocycles. The van der Waals surface area contributed by atoms with Crippen molar-refractivity contribution in [2.45, 2.75) is 34.0 Å². The molecule has 0 aliphatic carbocycles. The molecular formula is C27H34N8O. The second kappa shape index (κ2) is 11.6. The number of nitrogens with zero attached hydrogens (tertiary/aromatic N) is 5. The molecule has 2 heterocycles. The maximum absolute atomic E-state index is 10.9. The van der Waals surface area contributed by atoms with Crippen molar-refractivity contribution in [1.29, 1.82) is 0 Å². The average Bonchev–Trinajstić information content (AvgIpc) is 3.38. The van der Waals surface area contributed by atoms with Gasteiger partial charge in [0.25, 0.3) is 0 Å². The summed E-state index contributed by atoms with van der Waals surface area (Å²) in [5.41, 5.74) is 4.66. The molecule has 0 amide bonds. The Morgan fingerprint density at radius 2 is 1.61 bits per heavy atom. The van der Waals surface area contributed by atoms with E-state index in [2.05, 4.69) is 87.0 Å². The standard InChI is InChI=1S/C27H34N8O/c1-18(2)16-35(17-19(3)4)24-13-12-20(21-9-5-6-10-22(21)26-31-33-34-32-26)15-23(24)29-27(36)30-25-11-7-8-14-28-25/h5-15,18-19,27,29,36H,16-17H2,1-4H3,(H,28,30)(H,31,32,33,34). The number of benzene rings is 2. The maximum atomic E-state index is 10.9. The lowest BCUT2D eigenvalue weighted by Gasteiger charge is -2.31. The number of rotatable bonds is 11. The fourth-order valence-electron chi connectivity index (χ4n) is 4.23. The van der Waals surface area contributed by atoms with Gasteiger partial charge in [0.1, 0.15) is 5.82 Å². The number of aliphatic hydroxyl groups is 1. The van der Waals surface area contributed by atoms with E-state index in [9.17, 15) is 5.11 Å². The van der Waals surface area contributed by atoms with E-state index < -0.39 is 6.35 Å². The van der Waals surface area contributed by atoms with Crippen LogP contribution in [0, 0.1) is 11.8 Å². The monoisotopic (exact) mass is 486 g/mol. The summed E-state index contributed by atoms with van der Waals surface area (Å²) in [5, 5.41) is 31.8. The van der Waals surface area contributed by atoms with Crippen molar-refractivity contribution in [3.05, 3.63) is 66.9 Å². The van der Waals surface area contributed by atoms with Crippen LogP contribution < -0.4 is 15.5 Å². The zero-order valence-electron chi connectivity index (χ0n) is 21.2. The van der Waals surface area contributed by atoms with Gasteiger partial charge in [-0.15, -0.1) is 10.2 Å². The van der Waals surface area contributed by atoms with E-state index in [0.29, 0.717) is 23.5 Å². The van der Waals surface area contributed by atoms with Crippen molar-refractivity contribution in [3.63, 3.8) is 0 Å². The molecule has 2 aromatic heterocycles. The summed E-state index contributed by atoms with van der Waals surface area (Å²) in [7, 11) is 0. The lowest BCUT2D eigenvalue weighted by molar-refractivity contribution is 0.232. The van der Waals surface area contributed by atoms with Gasteiger partial charge in [-0.2, -0.15) is 5.21 Å². The molecular weight excluding hydrogens is 452 g/mol. The average molecular weight is 487 g/mol. The number of H-pyrrole nitrogens is 1. The van der Waals surface area contributed by atoms with Gasteiger partial charge in [-0.05, 0) is 52.4 Å². The zero-order valence-corrected chi connectivity index (χ0v) is 21.2. The first-order valence-electron chi connectivity index (χ1n) is 12.2. The number of aliphatic hydroxyl groups excluding tert-OH is 1. The molecule has 4 aromatic rings. The van der Waals surface area contributed by atoms with Crippen LogP contribution in [0.5, 0.6) is 0 Å². The second-order valence-corrected chi connectivity index (χ2v) is 9.61. The van der Waals surface area contributed by atoms with Crippen molar-refractivity contribution in [2.24, 2.45) is 11.8 Å². The lowest BCUT2D eigenvalue weighted by atomic mass is 9.97. The molecule has 4 N–H and O–H groups in total. The van der Waals surface area contributed by atoms with Crippen molar-refractivity contribution >= 4 is 17.2 Å². The third-order valence-electron chi connectivity index (χ3n) is 5.57. The molecule has 1 atom stereocenters. The minimum atomic E-state index is -1.04. The van der Waals surface area contributed by atoms with Crippen LogP contribution in [0.4, 0.5) is 17.2 Å². The summed E-state index contributed by atoms with van der Waals surface area (Å²) in [6.45, 7) is 10.7. The highest BCUT2D eigenvalue weighted by molar-refractivity contribution is 5.85. The van der Waals surface area contributed by atoms with Gasteiger partial charge in [0.2, 0.25) is 12.2 Å². The van der Waals surface area contributed by atoms with Gasteiger partial charge >= 0.3 is 0 Å². The predicted molar refractivity (Wildman–Crippen MR) is 144 cm³/mol. The number of hydrogen-bond donors (Lipinski definition) is 4. The molecule has 0 aliphatic heterocycles. The topological polar surface area (TPSA) is 115 Å². The van der Waals surface area contributed by atoms with Gasteiger partial charge in [0.05, 0.1) is 11.4 Å². The molecule has 9 nitrogen and oxygen atoms in total. The Labute approximate surface area is 212 Å². The smallest absolute Gasteiger partial charge is 0.205 e. The van der Waals surface area contributed by atoms with E-state index in [0.717, 1.165) is 41.2 Å². The van der Waals surface area contributed by atoms with Crippen LogP contribution in [-0.2, 0) is 0 Å². The van der Waals surface area contributed by atoms with Crippen molar-refractivity contribution < 1.29 is 5.11 Å². The van der Waals surface area contributed by atoms with E-state index in [1.807, 2.05) is 42.5 Å². The van der Waals surface area contributed by atoms with Crippen LogP contribution in [0.15, 0.2) is 66.9 Å². The Balaban J connectivity index is 1.74. The van der Waals surface area contributed by atoms with Crippen LogP contribution in [0.2, 0.25) is 0 Å². The molecule has 188 valence electrons. The number of pyridine rings is 1. The van der Waals surface area contributed by atoms with Gasteiger partial charge in [0, 0.05) is 24.8 Å². The highest BCUT2D eigenvalue weighted by Gasteiger charge is 2.19. The Kier molecular flexibility index (Phi) is 8.12. The fourth-order valence-corrected chi connectivity index (χ4v) is 4.23. The quantitative estimate of drug-likeness (QED) is 0.223. The van der Waals surface area contributed by atoms with Crippen LogP contribution in [0.3, 0.4) is 0 Å². The van der Waals surface area contributed by atoms with E-state index in [1.54, 1.807) is 6.20 Å². The number of anilines is 3. The third kappa shape index (κ3) is 6.37. The molecule has 0 bridgehead atoms. The summed E-state index contributed by atoms with van der Waals surface area (Å²) in [6.07, 6.45) is 0.643. The molecule has 36 heavy (non-hydrogen) atoms. The third-order valence-corrected chi connectivity index (χ3v) is 5.57. The van der Waals surface area contributed by atoms with Crippen molar-refractivity contribution in [2.75, 3.05) is 28.6 Å². The number of aromatic amines is 1. The van der Waals surface area contributed by atoms with Gasteiger partial charge in [0.15, 0.2) is 0 Å². The molecule has 2 aromatic carbocycles. The fraction of sp³-hybridized carbons (Fsp3) is 0.333. The van der Waals surface area contributed by atoms with Gasteiger partial charge < -0.3 is 20.6 Å². The highest BCUT2D eigenvalue weighted by Crippen LogP contribution is 2.36. The zero-order chi connectivity index (χ0) is 25.5. The number of aromatic nitrogens is 5. The first kappa shape index (κ1) is 25.1. The molecule has 1 unspecified atom stereocenters. The van der Waals surface area contributed by atoms with Crippen LogP contribution in [-0.4, -0.2) is 50.2 Å². The molecule has 0 aliphatic rings. The molecule has 0 radical (unpaired) electrons. The van der Waals surface area contributed by atoms with Crippen LogP contribution in [0.1, 0.15) is 27.7 Å². The summed E-state index contributed by atoms with van der Waals surface area (Å²) >= 11 is 0. The highest BCUT2D eigenvalue weighted by atomic mass is 16.3. The van der Waals surface area contributed by atoms with Gasteiger partial charge in [-0.25, -0.2) is 4.98 Å². The van der Waals surface area contributed by atoms with Gasteiger partial charge in [-0.3, -0.25) is 0 Å². The van der Waals surface area contributed by atoms with Crippen LogP contribution in [0.25, 0.3) is 22.5 Å². The minimum absolute atomic E-state index is 0.479. The van der Waals surface area contributed by atoms with E-state index in [1.165, 1.54) is 0 Å². The number of tetrazole rings is 1. The molecule has 0 fully saturated rings. The van der Waals surface area contributed by atoms with Crippen molar-refractivity contribution in [3.8, 4) is 22.5 Å². The first-order chi connectivity index (χ1) is 17.4. The Morgan fingerprint density at radius 1 is 0.889 bits per heavy atom. The lowest BCUT2D eigenvalue weighted by Crippen LogP contribution is -2.34. The van der Waals surface area contributed by atoms with Gasteiger partial charge in [-0.1, -0.05) is 64.1 Å². The second-order valence-electron chi connectivity index (χ2n) is 9.61. The van der Waals surface area contributed by atoms with E-state index in [4.69, 9.17) is 0 Å². The Bertz CT molecular complexity index is 1220. The molecule has 0 spiro atoms. The molecule has 0 saturated heterocycles. The summed E-state index contributed by atoms with van der Waals surface area (Å²) in [6, 6.07) is 19.7. The SMILES string of the molecule is CC(C)CN(CC(C)C)c1ccc(-c2ccccc2-c2nn[nH]n2)cc1NC(O)Nc1ccccn1. The maximum Gasteiger partial charge on any atom is 0.205 e. The summed E-state index contributed by atoms with van der Waals surface area (Å²) in [4.78, 5) is 6.63. The van der Waals surface area contributed by atoms with Crippen LogP contribution >= 0.6 is 0 Å². The Morgan fingerprint density at radius 3 is 2.25 bits per heavy atom. The van der Waals surface area contributed by atoms with E-state index in [-0.39, 0.29) is 0 Å². The summed E-state index contributed by atoms with van der Waals surface area (Å²) in [5.74, 6) is 2.07. The minimum Gasteiger partial charge on any atom is -0.369 e.